The lowest BCUT2D eigenvalue weighted by Gasteiger charge is -2.12. The predicted molar refractivity (Wildman–Crippen MR) is 125 cm³/mol. The van der Waals surface area contributed by atoms with Crippen LogP contribution in [-0.4, -0.2) is 15.0 Å². The summed E-state index contributed by atoms with van der Waals surface area (Å²) < 4.78 is 22.2. The van der Waals surface area contributed by atoms with Crippen LogP contribution < -0.4 is 21.7 Å². The first-order valence-electron chi connectivity index (χ1n) is 10.6. The van der Waals surface area contributed by atoms with Crippen LogP contribution in [0, 0.1) is 5.82 Å². The van der Waals surface area contributed by atoms with Gasteiger partial charge in [0, 0.05) is 29.0 Å². The number of benzene rings is 3. The van der Waals surface area contributed by atoms with E-state index in [1.807, 2.05) is 0 Å². The Morgan fingerprint density at radius 3 is 2.24 bits per heavy atom. The number of carbonyl (C=O) groups is 1. The molecule has 7 nitrogen and oxygen atoms in total. The number of hydrogen-bond acceptors (Lipinski definition) is 4. The van der Waals surface area contributed by atoms with E-state index in [9.17, 15) is 18.8 Å². The average molecular weight is 459 g/mol. The smallest absolute Gasteiger partial charge is 0.331 e. The highest BCUT2D eigenvalue weighted by atomic mass is 19.1. The molecule has 8 heteroatoms. The topological polar surface area (TPSA) is 96.3 Å². The minimum Gasteiger partial charge on any atom is -0.489 e. The molecule has 0 radical (unpaired) electrons. The number of carbonyl (C=O) groups excluding carboxylic acids is 1. The number of primary amides is 1. The van der Waals surface area contributed by atoms with Crippen LogP contribution in [0.3, 0.4) is 0 Å². The third-order valence-corrected chi connectivity index (χ3v) is 5.38. The fourth-order valence-corrected chi connectivity index (χ4v) is 3.56. The van der Waals surface area contributed by atoms with E-state index in [4.69, 9.17) is 10.5 Å². The number of amides is 1. The summed E-state index contributed by atoms with van der Waals surface area (Å²) in [5, 5.41) is 0. The molecule has 4 rings (SSSR count). The molecule has 1 amide bonds. The van der Waals surface area contributed by atoms with Gasteiger partial charge in [0.25, 0.3) is 5.56 Å². The quantitative estimate of drug-likeness (QED) is 0.438. The maximum absolute atomic E-state index is 14.0. The first-order chi connectivity index (χ1) is 16.4. The van der Waals surface area contributed by atoms with Gasteiger partial charge in [0.05, 0.1) is 13.1 Å². The Morgan fingerprint density at radius 2 is 1.53 bits per heavy atom. The Balaban J connectivity index is 1.48. The van der Waals surface area contributed by atoms with Gasteiger partial charge in [-0.1, -0.05) is 48.5 Å². The van der Waals surface area contributed by atoms with E-state index in [1.165, 1.54) is 22.9 Å². The van der Waals surface area contributed by atoms with E-state index in [0.717, 1.165) is 10.1 Å². The SMILES string of the molecule is NC(=O)c1ccccc1COc1ccc(Cn2ccc(=O)n(Cc3ccccc3F)c2=O)cc1. The number of nitrogens with zero attached hydrogens (tertiary/aromatic N) is 2. The van der Waals surface area contributed by atoms with Gasteiger partial charge < -0.3 is 10.5 Å². The number of nitrogens with two attached hydrogens (primary N) is 1. The molecule has 0 aliphatic heterocycles. The lowest BCUT2D eigenvalue weighted by molar-refractivity contribution is 0.0998. The Morgan fingerprint density at radius 1 is 0.853 bits per heavy atom. The van der Waals surface area contributed by atoms with Crippen LogP contribution in [0.25, 0.3) is 0 Å². The largest absolute Gasteiger partial charge is 0.489 e. The molecule has 2 N–H and O–H groups in total. The van der Waals surface area contributed by atoms with Gasteiger partial charge in [-0.05, 0) is 29.8 Å². The number of rotatable bonds is 8. The fraction of sp³-hybridized carbons (Fsp3) is 0.115. The summed E-state index contributed by atoms with van der Waals surface area (Å²) in [6.07, 6.45) is 1.42. The van der Waals surface area contributed by atoms with Gasteiger partial charge in [0.15, 0.2) is 0 Å². The number of ether oxygens (including phenoxy) is 1. The molecule has 1 heterocycles. The summed E-state index contributed by atoms with van der Waals surface area (Å²) in [5.41, 5.74) is 6.53. The molecule has 0 saturated carbocycles. The van der Waals surface area contributed by atoms with E-state index in [-0.39, 0.29) is 25.3 Å². The molecule has 3 aromatic carbocycles. The van der Waals surface area contributed by atoms with Crippen molar-refractivity contribution in [2.75, 3.05) is 0 Å². The molecule has 0 unspecified atom stereocenters. The van der Waals surface area contributed by atoms with E-state index in [2.05, 4.69) is 0 Å². The van der Waals surface area contributed by atoms with Crippen LogP contribution >= 0.6 is 0 Å². The summed E-state index contributed by atoms with van der Waals surface area (Å²) in [6.45, 7) is 0.255. The molecule has 4 aromatic rings. The van der Waals surface area contributed by atoms with Crippen molar-refractivity contribution in [3.63, 3.8) is 0 Å². The highest BCUT2D eigenvalue weighted by molar-refractivity contribution is 5.94. The minimum absolute atomic E-state index is 0.148. The number of halogens is 1. The molecule has 0 bridgehead atoms. The molecule has 0 aliphatic carbocycles. The summed E-state index contributed by atoms with van der Waals surface area (Å²) in [6, 6.07) is 21.4. The van der Waals surface area contributed by atoms with Crippen molar-refractivity contribution in [2.45, 2.75) is 19.7 Å². The molecule has 0 aliphatic rings. The second-order valence-corrected chi connectivity index (χ2v) is 7.70. The highest BCUT2D eigenvalue weighted by Crippen LogP contribution is 2.16. The van der Waals surface area contributed by atoms with Crippen molar-refractivity contribution in [1.29, 1.82) is 0 Å². The van der Waals surface area contributed by atoms with Gasteiger partial charge in [0.2, 0.25) is 5.91 Å². The number of aromatic nitrogens is 2. The van der Waals surface area contributed by atoms with Crippen molar-refractivity contribution in [1.82, 2.24) is 9.13 Å². The van der Waals surface area contributed by atoms with Crippen molar-refractivity contribution in [3.05, 3.63) is 134 Å². The standard InChI is InChI=1S/C26H22FN3O4/c27-23-8-4-2-5-19(23)16-30-24(31)13-14-29(26(30)33)15-18-9-11-21(12-10-18)34-17-20-6-1-3-7-22(20)25(28)32/h1-14H,15-17H2,(H2,28,32). The van der Waals surface area contributed by atoms with Gasteiger partial charge in [-0.2, -0.15) is 0 Å². The Labute approximate surface area is 194 Å². The van der Waals surface area contributed by atoms with Gasteiger partial charge in [0.1, 0.15) is 18.2 Å². The van der Waals surface area contributed by atoms with Crippen LogP contribution in [0.5, 0.6) is 5.75 Å². The molecule has 0 fully saturated rings. The highest BCUT2D eigenvalue weighted by Gasteiger charge is 2.10. The zero-order valence-electron chi connectivity index (χ0n) is 18.2. The Kier molecular flexibility index (Phi) is 6.68. The van der Waals surface area contributed by atoms with E-state index in [1.54, 1.807) is 66.7 Å². The molecular formula is C26H22FN3O4. The second kappa shape index (κ2) is 9.99. The average Bonchev–Trinajstić information content (AvgIpc) is 2.84. The van der Waals surface area contributed by atoms with Crippen LogP contribution in [0.1, 0.15) is 27.0 Å². The van der Waals surface area contributed by atoms with Crippen molar-refractivity contribution < 1.29 is 13.9 Å². The molecular weight excluding hydrogens is 437 g/mol. The molecule has 172 valence electrons. The molecule has 0 spiro atoms. The summed E-state index contributed by atoms with van der Waals surface area (Å²) in [5.74, 6) is -0.408. The van der Waals surface area contributed by atoms with Crippen LogP contribution in [0.15, 0.2) is 94.6 Å². The van der Waals surface area contributed by atoms with Gasteiger partial charge in [-0.25, -0.2) is 9.18 Å². The van der Waals surface area contributed by atoms with E-state index < -0.39 is 23.0 Å². The van der Waals surface area contributed by atoms with Gasteiger partial charge >= 0.3 is 5.69 Å². The lowest BCUT2D eigenvalue weighted by Crippen LogP contribution is -2.39. The lowest BCUT2D eigenvalue weighted by atomic mass is 10.1. The third kappa shape index (κ3) is 5.12. The third-order valence-electron chi connectivity index (χ3n) is 5.38. The Hall–Kier alpha value is -4.46. The molecule has 0 atom stereocenters. The van der Waals surface area contributed by atoms with Crippen molar-refractivity contribution in [3.8, 4) is 5.75 Å². The maximum atomic E-state index is 14.0. The zero-order valence-corrected chi connectivity index (χ0v) is 18.2. The molecule has 1 aromatic heterocycles. The second-order valence-electron chi connectivity index (χ2n) is 7.70. The van der Waals surface area contributed by atoms with Gasteiger partial charge in [-0.3, -0.25) is 18.7 Å². The van der Waals surface area contributed by atoms with E-state index >= 15 is 0 Å². The fourth-order valence-electron chi connectivity index (χ4n) is 3.56. The maximum Gasteiger partial charge on any atom is 0.331 e. The first-order valence-corrected chi connectivity index (χ1v) is 10.6. The van der Waals surface area contributed by atoms with Crippen LogP contribution in [0.2, 0.25) is 0 Å². The monoisotopic (exact) mass is 459 g/mol. The van der Waals surface area contributed by atoms with Crippen LogP contribution in [0.4, 0.5) is 4.39 Å². The van der Waals surface area contributed by atoms with Crippen LogP contribution in [-0.2, 0) is 19.7 Å². The minimum atomic E-state index is -0.529. The summed E-state index contributed by atoms with van der Waals surface area (Å²) >= 11 is 0. The number of hydrogen-bond donors (Lipinski definition) is 1. The molecule has 34 heavy (non-hydrogen) atoms. The predicted octanol–water partition coefficient (Wildman–Crippen LogP) is 2.92. The van der Waals surface area contributed by atoms with Crippen molar-refractivity contribution >= 4 is 5.91 Å². The van der Waals surface area contributed by atoms with Crippen molar-refractivity contribution in [2.24, 2.45) is 5.73 Å². The zero-order chi connectivity index (χ0) is 24.1. The van der Waals surface area contributed by atoms with E-state index in [0.29, 0.717) is 16.9 Å². The summed E-state index contributed by atoms with van der Waals surface area (Å²) in [7, 11) is 0. The Bertz CT molecular complexity index is 1440. The molecule has 0 saturated heterocycles. The first kappa shape index (κ1) is 22.7. The summed E-state index contributed by atoms with van der Waals surface area (Å²) in [4.78, 5) is 36.6. The van der Waals surface area contributed by atoms with Gasteiger partial charge in [-0.15, -0.1) is 0 Å². The normalized spacial score (nSPS) is 10.7.